The van der Waals surface area contributed by atoms with E-state index in [1.54, 1.807) is 0 Å². The molecule has 0 aliphatic heterocycles. The number of benzene rings is 1. The Labute approximate surface area is 108 Å². The molecule has 0 unspecified atom stereocenters. The van der Waals surface area contributed by atoms with E-state index in [1.165, 1.54) is 24.3 Å². The second-order valence-electron chi connectivity index (χ2n) is 3.12. The van der Waals surface area contributed by atoms with Crippen molar-refractivity contribution in [2.75, 3.05) is 11.9 Å². The SMILES string of the molecule is O=C(COC(=O)Nc1cccc(C(=O)O)c1)NS. The predicted molar refractivity (Wildman–Crippen MR) is 65.5 cm³/mol. The van der Waals surface area contributed by atoms with Gasteiger partial charge in [0.2, 0.25) is 0 Å². The minimum absolute atomic E-state index is 0.0286. The molecule has 1 aromatic carbocycles. The number of ether oxygens (including phenoxy) is 1. The van der Waals surface area contributed by atoms with Gasteiger partial charge in [0.15, 0.2) is 6.61 Å². The van der Waals surface area contributed by atoms with Crippen LogP contribution < -0.4 is 10.0 Å². The van der Waals surface area contributed by atoms with Crippen molar-refractivity contribution in [1.82, 2.24) is 4.72 Å². The number of thiol groups is 1. The number of carboxylic acids is 1. The van der Waals surface area contributed by atoms with E-state index in [2.05, 4.69) is 22.9 Å². The molecule has 0 radical (unpaired) electrons. The van der Waals surface area contributed by atoms with E-state index in [-0.39, 0.29) is 11.3 Å². The Kier molecular flexibility index (Phi) is 5.00. The number of anilines is 1. The number of carbonyl (C=O) groups excluding carboxylic acids is 2. The smallest absolute Gasteiger partial charge is 0.412 e. The second-order valence-corrected chi connectivity index (χ2v) is 3.35. The van der Waals surface area contributed by atoms with Gasteiger partial charge in [-0.1, -0.05) is 18.9 Å². The van der Waals surface area contributed by atoms with Gasteiger partial charge in [0.1, 0.15) is 0 Å². The third-order valence-corrected chi connectivity index (χ3v) is 2.06. The van der Waals surface area contributed by atoms with Gasteiger partial charge in [-0.3, -0.25) is 14.8 Å². The number of amides is 2. The van der Waals surface area contributed by atoms with Gasteiger partial charge in [0.25, 0.3) is 5.91 Å². The van der Waals surface area contributed by atoms with Crippen LogP contribution in [0.5, 0.6) is 0 Å². The molecule has 0 saturated heterocycles. The first-order chi connectivity index (χ1) is 8.52. The van der Waals surface area contributed by atoms with Crippen molar-refractivity contribution in [3.05, 3.63) is 29.8 Å². The molecule has 0 spiro atoms. The Morgan fingerprint density at radius 2 is 2.06 bits per heavy atom. The highest BCUT2D eigenvalue weighted by Crippen LogP contribution is 2.10. The molecule has 3 N–H and O–H groups in total. The van der Waals surface area contributed by atoms with Crippen molar-refractivity contribution in [3.63, 3.8) is 0 Å². The quantitative estimate of drug-likeness (QED) is 0.608. The molecule has 0 aliphatic carbocycles. The number of rotatable bonds is 4. The summed E-state index contributed by atoms with van der Waals surface area (Å²) in [5.41, 5.74) is 0.284. The monoisotopic (exact) mass is 270 g/mol. The van der Waals surface area contributed by atoms with E-state index in [4.69, 9.17) is 5.11 Å². The van der Waals surface area contributed by atoms with Crippen molar-refractivity contribution >= 4 is 36.5 Å². The summed E-state index contributed by atoms with van der Waals surface area (Å²) in [7, 11) is 0. The summed E-state index contributed by atoms with van der Waals surface area (Å²) in [6, 6.07) is 5.61. The normalized spacial score (nSPS) is 9.39. The zero-order valence-corrected chi connectivity index (χ0v) is 9.94. The Hall–Kier alpha value is -2.22. The number of aromatic carboxylic acids is 1. The molecule has 7 nitrogen and oxygen atoms in total. The van der Waals surface area contributed by atoms with Crippen molar-refractivity contribution < 1.29 is 24.2 Å². The second kappa shape index (κ2) is 6.50. The molecule has 0 aliphatic rings. The van der Waals surface area contributed by atoms with Crippen LogP contribution in [0, 0.1) is 0 Å². The van der Waals surface area contributed by atoms with Crippen molar-refractivity contribution in [1.29, 1.82) is 0 Å². The summed E-state index contributed by atoms with van der Waals surface area (Å²) in [4.78, 5) is 32.7. The third-order valence-electron chi connectivity index (χ3n) is 1.81. The predicted octanol–water partition coefficient (Wildman–Crippen LogP) is 0.894. The maximum Gasteiger partial charge on any atom is 0.412 e. The van der Waals surface area contributed by atoms with Crippen LogP contribution in [0.1, 0.15) is 10.4 Å². The van der Waals surface area contributed by atoms with E-state index in [1.807, 2.05) is 4.72 Å². The van der Waals surface area contributed by atoms with Crippen molar-refractivity contribution in [3.8, 4) is 0 Å². The van der Waals surface area contributed by atoms with Crippen LogP contribution in [-0.2, 0) is 9.53 Å². The molecule has 0 heterocycles. The summed E-state index contributed by atoms with van der Waals surface area (Å²) < 4.78 is 6.52. The standard InChI is InChI=1S/C10H10N2O5S/c13-8(12-18)5-17-10(16)11-7-3-1-2-6(4-7)9(14)15/h1-4,18H,5H2,(H,11,16)(H,12,13)(H,14,15). The molecule has 8 heteroatoms. The van der Waals surface area contributed by atoms with E-state index >= 15 is 0 Å². The summed E-state index contributed by atoms with van der Waals surface area (Å²) in [5, 5.41) is 11.0. The largest absolute Gasteiger partial charge is 0.478 e. The van der Waals surface area contributed by atoms with Gasteiger partial charge < -0.3 is 9.84 Å². The lowest BCUT2D eigenvalue weighted by molar-refractivity contribution is -0.121. The van der Waals surface area contributed by atoms with Crippen LogP contribution in [-0.4, -0.2) is 29.7 Å². The summed E-state index contributed by atoms with van der Waals surface area (Å²) in [6.45, 7) is -0.478. The highest BCUT2D eigenvalue weighted by Gasteiger charge is 2.08. The van der Waals surface area contributed by atoms with Crippen LogP contribution in [0.2, 0.25) is 0 Å². The Morgan fingerprint density at radius 3 is 2.67 bits per heavy atom. The van der Waals surface area contributed by atoms with E-state index < -0.39 is 24.6 Å². The van der Waals surface area contributed by atoms with Crippen LogP contribution in [0.15, 0.2) is 24.3 Å². The maximum atomic E-state index is 11.2. The average molecular weight is 270 g/mol. The summed E-state index contributed by atoms with van der Waals surface area (Å²) in [5.74, 6) is -1.69. The fraction of sp³-hybridized carbons (Fsp3) is 0.100. The molecule has 2 amide bonds. The first kappa shape index (κ1) is 13.8. The van der Waals surface area contributed by atoms with E-state index in [0.717, 1.165) is 0 Å². The molecule has 0 saturated carbocycles. The number of carbonyl (C=O) groups is 3. The van der Waals surface area contributed by atoms with Gasteiger partial charge in [-0.25, -0.2) is 9.59 Å². The zero-order valence-electron chi connectivity index (χ0n) is 9.04. The average Bonchev–Trinajstić information content (AvgIpc) is 2.36. The highest BCUT2D eigenvalue weighted by atomic mass is 32.1. The highest BCUT2D eigenvalue weighted by molar-refractivity contribution is 7.78. The number of nitrogens with one attached hydrogen (secondary N) is 2. The zero-order chi connectivity index (χ0) is 13.5. The van der Waals surface area contributed by atoms with Gasteiger partial charge in [0, 0.05) is 5.69 Å². The topological polar surface area (TPSA) is 105 Å². The van der Waals surface area contributed by atoms with Crippen LogP contribution in [0.25, 0.3) is 0 Å². The van der Waals surface area contributed by atoms with Crippen molar-refractivity contribution in [2.45, 2.75) is 0 Å². The molecule has 0 atom stereocenters. The van der Waals surface area contributed by atoms with Gasteiger partial charge >= 0.3 is 12.1 Å². The molecule has 1 aromatic rings. The van der Waals surface area contributed by atoms with Gasteiger partial charge in [-0.2, -0.15) is 0 Å². The Morgan fingerprint density at radius 1 is 1.33 bits per heavy atom. The Bertz CT molecular complexity index is 477. The fourth-order valence-electron chi connectivity index (χ4n) is 1.05. The molecule has 18 heavy (non-hydrogen) atoms. The van der Waals surface area contributed by atoms with E-state index in [0.29, 0.717) is 0 Å². The molecule has 0 aromatic heterocycles. The lowest BCUT2D eigenvalue weighted by atomic mass is 10.2. The molecule has 0 bridgehead atoms. The van der Waals surface area contributed by atoms with Gasteiger partial charge in [0.05, 0.1) is 5.56 Å². The minimum Gasteiger partial charge on any atom is -0.478 e. The summed E-state index contributed by atoms with van der Waals surface area (Å²) >= 11 is 3.48. The molecule has 0 fully saturated rings. The lowest BCUT2D eigenvalue weighted by Crippen LogP contribution is -2.24. The summed E-state index contributed by atoms with van der Waals surface area (Å²) in [6.07, 6.45) is -0.866. The van der Waals surface area contributed by atoms with Crippen LogP contribution in [0.4, 0.5) is 10.5 Å². The molecular formula is C10H10N2O5S. The fourth-order valence-corrected chi connectivity index (χ4v) is 1.11. The lowest BCUT2D eigenvalue weighted by Gasteiger charge is -2.06. The van der Waals surface area contributed by atoms with Crippen molar-refractivity contribution in [2.24, 2.45) is 0 Å². The maximum absolute atomic E-state index is 11.2. The minimum atomic E-state index is -1.11. The van der Waals surface area contributed by atoms with Gasteiger partial charge in [-0.05, 0) is 18.2 Å². The number of carboxylic acid groups (broad SMARTS) is 1. The molecule has 96 valence electrons. The van der Waals surface area contributed by atoms with Gasteiger partial charge in [-0.15, -0.1) is 0 Å². The first-order valence-electron chi connectivity index (χ1n) is 4.73. The Balaban J connectivity index is 2.56. The number of hydrogen-bond donors (Lipinski definition) is 4. The van der Waals surface area contributed by atoms with Crippen LogP contribution >= 0.6 is 12.8 Å². The van der Waals surface area contributed by atoms with Crippen LogP contribution in [0.3, 0.4) is 0 Å². The first-order valence-corrected chi connectivity index (χ1v) is 5.17. The van der Waals surface area contributed by atoms with E-state index in [9.17, 15) is 14.4 Å². The number of hydrogen-bond acceptors (Lipinski definition) is 5. The molecular weight excluding hydrogens is 260 g/mol. The molecule has 1 rings (SSSR count). The third kappa shape index (κ3) is 4.34.